The zero-order valence-electron chi connectivity index (χ0n) is 11.1. The molecule has 0 bridgehead atoms. The van der Waals surface area contributed by atoms with Crippen LogP contribution in [0.1, 0.15) is 31.7 Å². The van der Waals surface area contributed by atoms with E-state index in [4.69, 9.17) is 9.63 Å². The second-order valence-corrected chi connectivity index (χ2v) is 6.26. The molecule has 0 aliphatic rings. The van der Waals surface area contributed by atoms with Crippen molar-refractivity contribution in [3.63, 3.8) is 0 Å². The van der Waals surface area contributed by atoms with E-state index in [2.05, 4.69) is 9.88 Å². The quantitative estimate of drug-likeness (QED) is 0.772. The summed E-state index contributed by atoms with van der Waals surface area (Å²) in [6, 6.07) is 0.362. The Kier molecular flexibility index (Phi) is 5.07. The number of hydrogen-bond donors (Lipinski definition) is 2. The van der Waals surface area contributed by atoms with Crippen molar-refractivity contribution >= 4 is 16.0 Å². The maximum atomic E-state index is 11.9. The van der Waals surface area contributed by atoms with E-state index < -0.39 is 27.8 Å². The van der Waals surface area contributed by atoms with Gasteiger partial charge in [-0.15, -0.1) is 0 Å². The maximum Gasteiger partial charge on any atom is 0.322 e. The van der Waals surface area contributed by atoms with Crippen LogP contribution in [0.4, 0.5) is 0 Å². The van der Waals surface area contributed by atoms with Crippen molar-refractivity contribution in [3.8, 4) is 0 Å². The Morgan fingerprint density at radius 2 is 2.21 bits per heavy atom. The Labute approximate surface area is 112 Å². The molecule has 0 aliphatic carbocycles. The van der Waals surface area contributed by atoms with Gasteiger partial charge < -0.3 is 9.63 Å². The van der Waals surface area contributed by atoms with Gasteiger partial charge in [-0.05, 0) is 12.8 Å². The summed E-state index contributed by atoms with van der Waals surface area (Å²) in [6.45, 7) is 5.13. The minimum Gasteiger partial charge on any atom is -0.480 e. The average Bonchev–Trinajstić information content (AvgIpc) is 2.69. The molecule has 2 atom stereocenters. The summed E-state index contributed by atoms with van der Waals surface area (Å²) in [6.07, 6.45) is 0.558. The van der Waals surface area contributed by atoms with E-state index in [0.717, 1.165) is 0 Å². The SMILES string of the molecule is CCC(C)C(NS(=O)(=O)Cc1cc(C)on1)C(=O)O. The molecular weight excluding hydrogens is 272 g/mol. The average molecular weight is 290 g/mol. The predicted octanol–water partition coefficient (Wildman–Crippen LogP) is 0.902. The van der Waals surface area contributed by atoms with Crippen LogP contribution in [0.25, 0.3) is 0 Å². The van der Waals surface area contributed by atoms with Gasteiger partial charge in [0.1, 0.15) is 23.2 Å². The molecule has 1 heterocycles. The number of carbonyl (C=O) groups is 1. The van der Waals surface area contributed by atoms with E-state index in [0.29, 0.717) is 12.2 Å². The second kappa shape index (κ2) is 6.16. The first-order valence-electron chi connectivity index (χ1n) is 5.90. The van der Waals surface area contributed by atoms with Crippen LogP contribution >= 0.6 is 0 Å². The molecule has 0 spiro atoms. The molecule has 1 rings (SSSR count). The van der Waals surface area contributed by atoms with E-state index >= 15 is 0 Å². The zero-order valence-corrected chi connectivity index (χ0v) is 11.9. The van der Waals surface area contributed by atoms with E-state index in [1.807, 2.05) is 0 Å². The van der Waals surface area contributed by atoms with Crippen LogP contribution in [0.5, 0.6) is 0 Å². The third kappa shape index (κ3) is 4.64. The number of sulfonamides is 1. The summed E-state index contributed by atoms with van der Waals surface area (Å²) in [4.78, 5) is 11.1. The molecule has 0 saturated heterocycles. The highest BCUT2D eigenvalue weighted by Gasteiger charge is 2.29. The first-order valence-corrected chi connectivity index (χ1v) is 7.55. The molecule has 1 aromatic rings. The molecule has 2 N–H and O–H groups in total. The van der Waals surface area contributed by atoms with Gasteiger partial charge >= 0.3 is 5.97 Å². The molecule has 0 aromatic carbocycles. The highest BCUT2D eigenvalue weighted by Crippen LogP contribution is 2.11. The fourth-order valence-electron chi connectivity index (χ4n) is 1.56. The second-order valence-electron chi connectivity index (χ2n) is 4.51. The summed E-state index contributed by atoms with van der Waals surface area (Å²) >= 11 is 0. The Balaban J connectivity index is 2.80. The molecule has 19 heavy (non-hydrogen) atoms. The van der Waals surface area contributed by atoms with Crippen LogP contribution < -0.4 is 4.72 Å². The number of hydrogen-bond acceptors (Lipinski definition) is 5. The number of aryl methyl sites for hydroxylation is 1. The van der Waals surface area contributed by atoms with Crippen LogP contribution in [0, 0.1) is 12.8 Å². The molecule has 0 amide bonds. The summed E-state index contributed by atoms with van der Waals surface area (Å²) in [5.41, 5.74) is 0.248. The van der Waals surface area contributed by atoms with Crippen molar-refractivity contribution in [1.82, 2.24) is 9.88 Å². The van der Waals surface area contributed by atoms with Crippen molar-refractivity contribution in [2.24, 2.45) is 5.92 Å². The number of nitrogens with one attached hydrogen (secondary N) is 1. The maximum absolute atomic E-state index is 11.9. The summed E-state index contributed by atoms with van der Waals surface area (Å²) < 4.78 is 30.7. The minimum absolute atomic E-state index is 0.248. The molecule has 0 aliphatic heterocycles. The zero-order chi connectivity index (χ0) is 14.6. The van der Waals surface area contributed by atoms with E-state index in [-0.39, 0.29) is 11.6 Å². The molecule has 0 saturated carbocycles. The van der Waals surface area contributed by atoms with Gasteiger partial charge in [0.2, 0.25) is 10.0 Å². The van der Waals surface area contributed by atoms with Crippen molar-refractivity contribution in [3.05, 3.63) is 17.5 Å². The monoisotopic (exact) mass is 290 g/mol. The third-order valence-corrected chi connectivity index (χ3v) is 4.09. The molecule has 8 heteroatoms. The van der Waals surface area contributed by atoms with Crippen LogP contribution in [0.2, 0.25) is 0 Å². The van der Waals surface area contributed by atoms with Gasteiger partial charge in [-0.25, -0.2) is 13.1 Å². The first kappa shape index (κ1) is 15.6. The fourth-order valence-corrected chi connectivity index (χ4v) is 2.89. The van der Waals surface area contributed by atoms with Gasteiger partial charge in [-0.2, -0.15) is 0 Å². The van der Waals surface area contributed by atoms with Crippen molar-refractivity contribution in [2.45, 2.75) is 39.0 Å². The number of aliphatic carboxylic acids is 1. The van der Waals surface area contributed by atoms with Crippen LogP contribution in [0.3, 0.4) is 0 Å². The van der Waals surface area contributed by atoms with Crippen LogP contribution in [-0.2, 0) is 20.6 Å². The van der Waals surface area contributed by atoms with Crippen molar-refractivity contribution in [2.75, 3.05) is 0 Å². The molecule has 0 fully saturated rings. The number of carboxylic acids is 1. The summed E-state index contributed by atoms with van der Waals surface area (Å²) in [5, 5.41) is 12.6. The normalized spacial score (nSPS) is 15.1. The van der Waals surface area contributed by atoms with Gasteiger partial charge in [-0.3, -0.25) is 4.79 Å². The molecule has 1 aromatic heterocycles. The highest BCUT2D eigenvalue weighted by molar-refractivity contribution is 7.88. The Morgan fingerprint density at radius 3 is 2.63 bits per heavy atom. The number of aromatic nitrogens is 1. The van der Waals surface area contributed by atoms with Gasteiger partial charge in [0.15, 0.2) is 0 Å². The molecular formula is C11H18N2O5S. The van der Waals surface area contributed by atoms with Gasteiger partial charge in [0.25, 0.3) is 0 Å². The lowest BCUT2D eigenvalue weighted by Crippen LogP contribution is -2.45. The van der Waals surface area contributed by atoms with Gasteiger partial charge in [0.05, 0.1) is 0 Å². The lowest BCUT2D eigenvalue weighted by molar-refractivity contribution is -0.140. The van der Waals surface area contributed by atoms with Gasteiger partial charge in [-0.1, -0.05) is 25.4 Å². The molecule has 7 nitrogen and oxygen atoms in total. The van der Waals surface area contributed by atoms with Crippen molar-refractivity contribution in [1.29, 1.82) is 0 Å². The van der Waals surface area contributed by atoms with Crippen LogP contribution in [-0.4, -0.2) is 30.7 Å². The van der Waals surface area contributed by atoms with Gasteiger partial charge in [0, 0.05) is 6.07 Å². The number of carboxylic acid groups (broad SMARTS) is 1. The Bertz CT molecular complexity index is 537. The van der Waals surface area contributed by atoms with E-state index in [1.165, 1.54) is 6.07 Å². The summed E-state index contributed by atoms with van der Waals surface area (Å²) in [7, 11) is -3.77. The van der Waals surface area contributed by atoms with E-state index in [1.54, 1.807) is 20.8 Å². The van der Waals surface area contributed by atoms with E-state index in [9.17, 15) is 13.2 Å². The Morgan fingerprint density at radius 1 is 1.58 bits per heavy atom. The Hall–Kier alpha value is -1.41. The highest BCUT2D eigenvalue weighted by atomic mass is 32.2. The standard InChI is InChI=1S/C11H18N2O5S/c1-4-7(2)10(11(14)15)13-19(16,17)6-9-5-8(3)18-12-9/h5,7,10,13H,4,6H2,1-3H3,(H,14,15). The predicted molar refractivity (Wildman–Crippen MR) is 67.9 cm³/mol. The lowest BCUT2D eigenvalue weighted by atomic mass is 10.0. The fraction of sp³-hybridized carbons (Fsp3) is 0.636. The lowest BCUT2D eigenvalue weighted by Gasteiger charge is -2.19. The largest absolute Gasteiger partial charge is 0.480 e. The van der Waals surface area contributed by atoms with Crippen molar-refractivity contribution < 1.29 is 22.8 Å². The third-order valence-electron chi connectivity index (χ3n) is 2.80. The first-order chi connectivity index (χ1) is 8.75. The van der Waals surface area contributed by atoms with Crippen LogP contribution in [0.15, 0.2) is 10.6 Å². The molecule has 0 radical (unpaired) electrons. The molecule has 108 valence electrons. The topological polar surface area (TPSA) is 110 Å². The number of rotatable bonds is 7. The smallest absolute Gasteiger partial charge is 0.322 e. The summed E-state index contributed by atoms with van der Waals surface area (Å²) in [5.74, 6) is -1.38. The molecule has 2 unspecified atom stereocenters. The minimum atomic E-state index is -3.77. The number of nitrogens with zero attached hydrogens (tertiary/aromatic N) is 1.